The van der Waals surface area contributed by atoms with Gasteiger partial charge in [0.15, 0.2) is 0 Å². The van der Waals surface area contributed by atoms with Gasteiger partial charge in [0, 0.05) is 9.70 Å². The van der Waals surface area contributed by atoms with Gasteiger partial charge in [0.1, 0.15) is 0 Å². The number of hydrogen-bond donors (Lipinski definition) is 0. The number of hydrogen-bond acceptors (Lipinski definition) is 1. The standard InChI is InChI=1S/C14H20Br2S/c1-10-8-13(17-14(10)16)12(15)9-11-6-4-2-3-5-7-11/h8,11-12H,2-7,9H2,1H3. The van der Waals surface area contributed by atoms with E-state index in [-0.39, 0.29) is 0 Å². The molecule has 0 spiro atoms. The van der Waals surface area contributed by atoms with Gasteiger partial charge in [-0.1, -0.05) is 54.5 Å². The molecule has 1 aromatic rings. The molecule has 2 rings (SSSR count). The zero-order chi connectivity index (χ0) is 12.3. The van der Waals surface area contributed by atoms with Gasteiger partial charge in [-0.15, -0.1) is 11.3 Å². The zero-order valence-corrected chi connectivity index (χ0v) is 14.3. The third kappa shape index (κ3) is 4.07. The molecule has 17 heavy (non-hydrogen) atoms. The van der Waals surface area contributed by atoms with Gasteiger partial charge in [-0.2, -0.15) is 0 Å². The maximum Gasteiger partial charge on any atom is 0.0730 e. The highest BCUT2D eigenvalue weighted by molar-refractivity contribution is 9.11. The second-order valence-electron chi connectivity index (χ2n) is 5.17. The van der Waals surface area contributed by atoms with E-state index in [4.69, 9.17) is 0 Å². The summed E-state index contributed by atoms with van der Waals surface area (Å²) in [7, 11) is 0. The molecular formula is C14H20Br2S. The molecule has 0 N–H and O–H groups in total. The number of aryl methyl sites for hydroxylation is 1. The fourth-order valence-corrected chi connectivity index (χ4v) is 5.15. The molecule has 1 aromatic heterocycles. The Morgan fingerprint density at radius 3 is 2.47 bits per heavy atom. The summed E-state index contributed by atoms with van der Waals surface area (Å²) in [5.74, 6) is 0.933. The van der Waals surface area contributed by atoms with Crippen molar-refractivity contribution in [3.05, 3.63) is 20.3 Å². The van der Waals surface area contributed by atoms with Crippen molar-refractivity contribution in [1.29, 1.82) is 0 Å². The van der Waals surface area contributed by atoms with Crippen LogP contribution in [0.2, 0.25) is 0 Å². The predicted molar refractivity (Wildman–Crippen MR) is 84.2 cm³/mol. The Balaban J connectivity index is 1.93. The van der Waals surface area contributed by atoms with Crippen molar-refractivity contribution in [2.45, 2.75) is 56.7 Å². The molecule has 96 valence electrons. The van der Waals surface area contributed by atoms with E-state index in [1.807, 2.05) is 11.3 Å². The highest BCUT2D eigenvalue weighted by Crippen LogP contribution is 2.40. The van der Waals surface area contributed by atoms with Crippen molar-refractivity contribution in [1.82, 2.24) is 0 Å². The van der Waals surface area contributed by atoms with Crippen LogP contribution < -0.4 is 0 Å². The Labute approximate surface area is 125 Å². The van der Waals surface area contributed by atoms with Crippen LogP contribution in [-0.2, 0) is 0 Å². The van der Waals surface area contributed by atoms with Crippen molar-refractivity contribution in [2.24, 2.45) is 5.92 Å². The summed E-state index contributed by atoms with van der Waals surface area (Å²) in [5, 5.41) is 0. The lowest BCUT2D eigenvalue weighted by atomic mass is 9.94. The molecule has 1 atom stereocenters. The Bertz CT molecular complexity index is 332. The molecular weight excluding hydrogens is 360 g/mol. The molecule has 0 nitrogen and oxygen atoms in total. The minimum absolute atomic E-state index is 0.556. The monoisotopic (exact) mass is 378 g/mol. The van der Waals surface area contributed by atoms with Gasteiger partial charge in [-0.05, 0) is 46.8 Å². The van der Waals surface area contributed by atoms with Crippen molar-refractivity contribution in [3.63, 3.8) is 0 Å². The number of halogens is 2. The minimum Gasteiger partial charge on any atom is -0.132 e. The Morgan fingerprint density at radius 1 is 1.29 bits per heavy atom. The summed E-state index contributed by atoms with van der Waals surface area (Å²) in [6.07, 6.45) is 9.98. The molecule has 1 saturated carbocycles. The second kappa shape index (κ2) is 6.72. The minimum atomic E-state index is 0.556. The van der Waals surface area contributed by atoms with Crippen LogP contribution in [0.1, 0.15) is 60.2 Å². The first-order valence-electron chi connectivity index (χ1n) is 6.56. The summed E-state index contributed by atoms with van der Waals surface area (Å²) in [6.45, 7) is 2.18. The highest BCUT2D eigenvalue weighted by atomic mass is 79.9. The fraction of sp³-hybridized carbons (Fsp3) is 0.714. The number of alkyl halides is 1. The second-order valence-corrected chi connectivity index (χ2v) is 8.67. The van der Waals surface area contributed by atoms with Gasteiger partial charge in [0.25, 0.3) is 0 Å². The molecule has 0 amide bonds. The van der Waals surface area contributed by atoms with Crippen molar-refractivity contribution in [2.75, 3.05) is 0 Å². The Morgan fingerprint density at radius 2 is 1.94 bits per heavy atom. The van der Waals surface area contributed by atoms with Crippen LogP contribution in [0.4, 0.5) is 0 Å². The lowest BCUT2D eigenvalue weighted by Gasteiger charge is -2.17. The van der Waals surface area contributed by atoms with Crippen LogP contribution in [0.3, 0.4) is 0 Å². The largest absolute Gasteiger partial charge is 0.132 e. The first-order chi connectivity index (χ1) is 8.16. The van der Waals surface area contributed by atoms with Gasteiger partial charge in [0.2, 0.25) is 0 Å². The van der Waals surface area contributed by atoms with Crippen LogP contribution in [0.5, 0.6) is 0 Å². The molecule has 1 fully saturated rings. The molecule has 0 saturated heterocycles. The van der Waals surface area contributed by atoms with Crippen LogP contribution in [-0.4, -0.2) is 0 Å². The fourth-order valence-electron chi connectivity index (χ4n) is 2.65. The molecule has 0 bridgehead atoms. The zero-order valence-electron chi connectivity index (χ0n) is 10.3. The summed E-state index contributed by atoms with van der Waals surface area (Å²) in [5.41, 5.74) is 1.37. The molecule has 1 aliphatic rings. The lowest BCUT2D eigenvalue weighted by molar-refractivity contribution is 0.428. The molecule has 0 radical (unpaired) electrons. The van der Waals surface area contributed by atoms with E-state index in [2.05, 4.69) is 44.8 Å². The van der Waals surface area contributed by atoms with Gasteiger partial charge >= 0.3 is 0 Å². The summed E-state index contributed by atoms with van der Waals surface area (Å²) in [4.78, 5) is 2.04. The maximum atomic E-state index is 3.88. The van der Waals surface area contributed by atoms with E-state index < -0.39 is 0 Å². The molecule has 0 aliphatic heterocycles. The number of thiophene rings is 1. The van der Waals surface area contributed by atoms with Crippen molar-refractivity contribution < 1.29 is 0 Å². The van der Waals surface area contributed by atoms with E-state index in [1.165, 1.54) is 59.2 Å². The summed E-state index contributed by atoms with van der Waals surface area (Å²) < 4.78 is 1.29. The van der Waals surface area contributed by atoms with E-state index in [9.17, 15) is 0 Å². The van der Waals surface area contributed by atoms with E-state index in [0.29, 0.717) is 4.83 Å². The van der Waals surface area contributed by atoms with Crippen molar-refractivity contribution >= 4 is 43.2 Å². The summed E-state index contributed by atoms with van der Waals surface area (Å²) in [6, 6.07) is 2.32. The van der Waals surface area contributed by atoms with Crippen LogP contribution in [0.25, 0.3) is 0 Å². The molecule has 1 aliphatic carbocycles. The van der Waals surface area contributed by atoms with E-state index in [1.54, 1.807) is 0 Å². The Hall–Kier alpha value is 0.660. The van der Waals surface area contributed by atoms with Crippen LogP contribution in [0, 0.1) is 12.8 Å². The van der Waals surface area contributed by atoms with E-state index in [0.717, 1.165) is 5.92 Å². The smallest absolute Gasteiger partial charge is 0.0730 e. The molecule has 1 heterocycles. The first kappa shape index (κ1) is 14.1. The average Bonchev–Trinajstić information content (AvgIpc) is 2.54. The molecule has 1 unspecified atom stereocenters. The average molecular weight is 380 g/mol. The maximum absolute atomic E-state index is 3.88. The quantitative estimate of drug-likeness (QED) is 0.409. The van der Waals surface area contributed by atoms with E-state index >= 15 is 0 Å². The van der Waals surface area contributed by atoms with Gasteiger partial charge in [-0.3, -0.25) is 0 Å². The van der Waals surface area contributed by atoms with Crippen LogP contribution in [0.15, 0.2) is 9.85 Å². The molecule has 3 heteroatoms. The highest BCUT2D eigenvalue weighted by Gasteiger charge is 2.19. The summed E-state index contributed by atoms with van der Waals surface area (Å²) >= 11 is 9.39. The van der Waals surface area contributed by atoms with Gasteiger partial charge in [0.05, 0.1) is 3.79 Å². The predicted octanol–water partition coefficient (Wildman–Crippen LogP) is 6.62. The first-order valence-corrected chi connectivity index (χ1v) is 9.09. The lowest BCUT2D eigenvalue weighted by Crippen LogP contribution is -2.02. The topological polar surface area (TPSA) is 0 Å². The van der Waals surface area contributed by atoms with Crippen molar-refractivity contribution in [3.8, 4) is 0 Å². The number of rotatable bonds is 3. The third-order valence-electron chi connectivity index (χ3n) is 3.70. The van der Waals surface area contributed by atoms with Gasteiger partial charge in [-0.25, -0.2) is 0 Å². The SMILES string of the molecule is Cc1cc(C(Br)CC2CCCCCC2)sc1Br. The third-order valence-corrected chi connectivity index (χ3v) is 7.12. The Kier molecular flexibility index (Phi) is 5.56. The molecule has 0 aromatic carbocycles. The normalized spacial score (nSPS) is 20.2. The van der Waals surface area contributed by atoms with Crippen LogP contribution >= 0.6 is 43.2 Å². The van der Waals surface area contributed by atoms with Gasteiger partial charge < -0.3 is 0 Å².